The standard InChI is InChI=1S/C10H17N3O3/c14-9-8(2-1-3-11-9)12-4-6-13(7-5-12)10(15)16/h8H,1-7H2,(H,11,14)(H,15,16). The predicted molar refractivity (Wildman–Crippen MR) is 57.2 cm³/mol. The summed E-state index contributed by atoms with van der Waals surface area (Å²) < 4.78 is 0. The highest BCUT2D eigenvalue weighted by atomic mass is 16.4. The van der Waals surface area contributed by atoms with Gasteiger partial charge < -0.3 is 15.3 Å². The molecule has 1 unspecified atom stereocenters. The SMILES string of the molecule is O=C1NCCCC1N1CCN(C(=O)O)CC1. The van der Waals surface area contributed by atoms with E-state index < -0.39 is 6.09 Å². The molecule has 2 N–H and O–H groups in total. The third-order valence-electron chi connectivity index (χ3n) is 3.28. The van der Waals surface area contributed by atoms with Gasteiger partial charge >= 0.3 is 6.09 Å². The minimum absolute atomic E-state index is 0.0512. The Labute approximate surface area is 94.2 Å². The first-order chi connectivity index (χ1) is 7.68. The predicted octanol–water partition coefficient (Wildman–Crippen LogP) is -0.439. The van der Waals surface area contributed by atoms with Crippen LogP contribution in [0.3, 0.4) is 0 Å². The zero-order valence-corrected chi connectivity index (χ0v) is 9.19. The van der Waals surface area contributed by atoms with Crippen LogP contribution in [0.25, 0.3) is 0 Å². The van der Waals surface area contributed by atoms with Crippen molar-refractivity contribution in [3.8, 4) is 0 Å². The van der Waals surface area contributed by atoms with Crippen molar-refractivity contribution in [1.29, 1.82) is 0 Å². The molecule has 0 bridgehead atoms. The highest BCUT2D eigenvalue weighted by molar-refractivity contribution is 5.82. The second-order valence-corrected chi connectivity index (χ2v) is 4.25. The average molecular weight is 227 g/mol. The Bertz CT molecular complexity index is 287. The molecule has 2 aliphatic rings. The maximum absolute atomic E-state index is 11.6. The number of hydrogen-bond donors (Lipinski definition) is 2. The van der Waals surface area contributed by atoms with Gasteiger partial charge in [-0.15, -0.1) is 0 Å². The summed E-state index contributed by atoms with van der Waals surface area (Å²) in [7, 11) is 0. The number of piperidine rings is 1. The van der Waals surface area contributed by atoms with E-state index in [2.05, 4.69) is 10.2 Å². The van der Waals surface area contributed by atoms with Crippen LogP contribution >= 0.6 is 0 Å². The van der Waals surface area contributed by atoms with Gasteiger partial charge in [0.05, 0.1) is 6.04 Å². The van der Waals surface area contributed by atoms with Crippen molar-refractivity contribution >= 4 is 12.0 Å². The first-order valence-corrected chi connectivity index (χ1v) is 5.68. The van der Waals surface area contributed by atoms with Crippen LogP contribution in [-0.2, 0) is 4.79 Å². The number of carboxylic acid groups (broad SMARTS) is 1. The van der Waals surface area contributed by atoms with E-state index in [-0.39, 0.29) is 11.9 Å². The van der Waals surface area contributed by atoms with Crippen LogP contribution in [0.4, 0.5) is 4.79 Å². The minimum atomic E-state index is -0.868. The maximum atomic E-state index is 11.6. The molecule has 0 saturated carbocycles. The summed E-state index contributed by atoms with van der Waals surface area (Å²) in [6.07, 6.45) is 1.03. The average Bonchev–Trinajstić information content (AvgIpc) is 2.30. The molecule has 0 aliphatic carbocycles. The van der Waals surface area contributed by atoms with Crippen LogP contribution in [0.5, 0.6) is 0 Å². The first kappa shape index (κ1) is 11.2. The van der Waals surface area contributed by atoms with Crippen LogP contribution in [0.1, 0.15) is 12.8 Å². The summed E-state index contributed by atoms with van der Waals surface area (Å²) in [5, 5.41) is 11.7. The quantitative estimate of drug-likeness (QED) is 0.637. The van der Waals surface area contributed by atoms with E-state index >= 15 is 0 Å². The number of piperazine rings is 1. The van der Waals surface area contributed by atoms with Gasteiger partial charge in [0, 0.05) is 32.7 Å². The smallest absolute Gasteiger partial charge is 0.407 e. The molecular formula is C10H17N3O3. The Morgan fingerprint density at radius 1 is 1.31 bits per heavy atom. The van der Waals surface area contributed by atoms with Gasteiger partial charge in [0.25, 0.3) is 0 Å². The molecule has 2 saturated heterocycles. The van der Waals surface area contributed by atoms with Crippen molar-refractivity contribution in [3.05, 3.63) is 0 Å². The second kappa shape index (κ2) is 4.69. The van der Waals surface area contributed by atoms with Gasteiger partial charge in [0.1, 0.15) is 0 Å². The van der Waals surface area contributed by atoms with Gasteiger partial charge in [-0.05, 0) is 12.8 Å². The van der Waals surface area contributed by atoms with E-state index in [1.807, 2.05) is 0 Å². The minimum Gasteiger partial charge on any atom is -0.465 e. The van der Waals surface area contributed by atoms with Crippen LogP contribution in [0.2, 0.25) is 0 Å². The summed E-state index contributed by atoms with van der Waals surface area (Å²) in [5.41, 5.74) is 0. The van der Waals surface area contributed by atoms with Crippen molar-refractivity contribution in [1.82, 2.24) is 15.1 Å². The fourth-order valence-corrected chi connectivity index (χ4v) is 2.33. The Morgan fingerprint density at radius 3 is 2.56 bits per heavy atom. The number of rotatable bonds is 1. The molecule has 0 aromatic heterocycles. The molecule has 0 aromatic rings. The van der Waals surface area contributed by atoms with Gasteiger partial charge in [0.2, 0.25) is 5.91 Å². The van der Waals surface area contributed by atoms with Crippen molar-refractivity contribution in [2.45, 2.75) is 18.9 Å². The van der Waals surface area contributed by atoms with Crippen LogP contribution < -0.4 is 5.32 Å². The Hall–Kier alpha value is -1.30. The lowest BCUT2D eigenvalue weighted by Crippen LogP contribution is -2.57. The first-order valence-electron chi connectivity index (χ1n) is 5.68. The monoisotopic (exact) mass is 227 g/mol. The molecule has 1 atom stereocenters. The summed E-state index contributed by atoms with van der Waals surface area (Å²) in [5.74, 6) is 0.0926. The fraction of sp³-hybridized carbons (Fsp3) is 0.800. The Kier molecular flexibility index (Phi) is 3.28. The molecule has 2 amide bonds. The number of carbonyl (C=O) groups excluding carboxylic acids is 1. The largest absolute Gasteiger partial charge is 0.465 e. The highest BCUT2D eigenvalue weighted by Crippen LogP contribution is 2.14. The van der Waals surface area contributed by atoms with E-state index in [1.165, 1.54) is 4.90 Å². The number of nitrogens with one attached hydrogen (secondary N) is 1. The normalized spacial score (nSPS) is 27.6. The second-order valence-electron chi connectivity index (χ2n) is 4.25. The fourth-order valence-electron chi connectivity index (χ4n) is 2.33. The van der Waals surface area contributed by atoms with Gasteiger partial charge in [0.15, 0.2) is 0 Å². The molecule has 0 aromatic carbocycles. The number of nitrogens with zero attached hydrogens (tertiary/aromatic N) is 2. The lowest BCUT2D eigenvalue weighted by atomic mass is 10.0. The third kappa shape index (κ3) is 2.27. The van der Waals surface area contributed by atoms with E-state index in [1.54, 1.807) is 0 Å². The highest BCUT2D eigenvalue weighted by Gasteiger charge is 2.31. The molecule has 2 aliphatic heterocycles. The zero-order chi connectivity index (χ0) is 11.5. The molecule has 0 radical (unpaired) electrons. The van der Waals surface area contributed by atoms with Crippen LogP contribution in [0, 0.1) is 0 Å². The molecule has 0 spiro atoms. The van der Waals surface area contributed by atoms with Gasteiger partial charge in [-0.1, -0.05) is 0 Å². The van der Waals surface area contributed by atoms with Crippen LogP contribution in [0.15, 0.2) is 0 Å². The molecule has 16 heavy (non-hydrogen) atoms. The molecule has 2 fully saturated rings. The van der Waals surface area contributed by atoms with Gasteiger partial charge in [-0.25, -0.2) is 4.79 Å². The van der Waals surface area contributed by atoms with Crippen LogP contribution in [-0.4, -0.2) is 65.7 Å². The van der Waals surface area contributed by atoms with Crippen molar-refractivity contribution in [2.75, 3.05) is 32.7 Å². The lowest BCUT2D eigenvalue weighted by Gasteiger charge is -2.38. The van der Waals surface area contributed by atoms with E-state index in [4.69, 9.17) is 5.11 Å². The Morgan fingerprint density at radius 2 is 2.00 bits per heavy atom. The Balaban J connectivity index is 1.88. The number of hydrogen-bond acceptors (Lipinski definition) is 3. The van der Waals surface area contributed by atoms with Crippen molar-refractivity contribution in [3.63, 3.8) is 0 Å². The van der Waals surface area contributed by atoms with Gasteiger partial charge in [-0.3, -0.25) is 9.69 Å². The topological polar surface area (TPSA) is 72.9 Å². The molecule has 6 nitrogen and oxygen atoms in total. The molecule has 6 heteroatoms. The lowest BCUT2D eigenvalue weighted by molar-refractivity contribution is -0.128. The molecule has 2 heterocycles. The van der Waals surface area contributed by atoms with E-state index in [9.17, 15) is 9.59 Å². The summed E-state index contributed by atoms with van der Waals surface area (Å²) >= 11 is 0. The summed E-state index contributed by atoms with van der Waals surface area (Å²) in [4.78, 5) is 25.8. The zero-order valence-electron chi connectivity index (χ0n) is 9.19. The van der Waals surface area contributed by atoms with Crippen molar-refractivity contribution in [2.24, 2.45) is 0 Å². The molecule has 90 valence electrons. The van der Waals surface area contributed by atoms with E-state index in [0.29, 0.717) is 26.2 Å². The summed E-state index contributed by atoms with van der Waals surface area (Å²) in [6, 6.07) is -0.0512. The van der Waals surface area contributed by atoms with Gasteiger partial charge in [-0.2, -0.15) is 0 Å². The maximum Gasteiger partial charge on any atom is 0.407 e. The summed E-state index contributed by atoms with van der Waals surface area (Å²) in [6.45, 7) is 3.08. The van der Waals surface area contributed by atoms with Crippen molar-refractivity contribution < 1.29 is 14.7 Å². The number of amides is 2. The molecule has 2 rings (SSSR count). The number of carbonyl (C=O) groups is 2. The third-order valence-corrected chi connectivity index (χ3v) is 3.28. The molecular weight excluding hydrogens is 210 g/mol. The van der Waals surface area contributed by atoms with E-state index in [0.717, 1.165) is 19.4 Å².